The van der Waals surface area contributed by atoms with Gasteiger partial charge in [0.15, 0.2) is 0 Å². The molecule has 0 amide bonds. The zero-order valence-electron chi connectivity index (χ0n) is 13.8. The molecule has 1 aromatic heterocycles. The number of nitrogens with zero attached hydrogens (tertiary/aromatic N) is 3. The maximum absolute atomic E-state index is 12.5. The smallest absolute Gasteiger partial charge is 0.336 e. The molecule has 0 saturated carbocycles. The first-order chi connectivity index (χ1) is 11.9. The fourth-order valence-electron chi connectivity index (χ4n) is 2.29. The van der Waals surface area contributed by atoms with Crippen molar-refractivity contribution in [3.63, 3.8) is 0 Å². The molecule has 136 valence electrons. The number of esters is 1. The van der Waals surface area contributed by atoms with Crippen LogP contribution in [0.3, 0.4) is 0 Å². The molecule has 0 bridgehead atoms. The zero-order valence-corrected chi connectivity index (χ0v) is 13.8. The summed E-state index contributed by atoms with van der Waals surface area (Å²) in [5.41, 5.74) is -1.96. The summed E-state index contributed by atoms with van der Waals surface area (Å²) in [5.74, 6) is -0.612. The van der Waals surface area contributed by atoms with E-state index in [1.165, 1.54) is 6.92 Å². The number of rotatable bonds is 8. The number of hydrogen-bond acceptors (Lipinski definition) is 7. The highest BCUT2D eigenvalue weighted by Crippen LogP contribution is 2.10. The van der Waals surface area contributed by atoms with Crippen LogP contribution in [-0.4, -0.2) is 51.7 Å². The van der Waals surface area contributed by atoms with Crippen molar-refractivity contribution in [3.8, 4) is 0 Å². The first-order valence-corrected chi connectivity index (χ1v) is 7.88. The number of carbonyl (C=O) groups excluding carboxylic acids is 1. The summed E-state index contributed by atoms with van der Waals surface area (Å²) < 4.78 is 17.9. The molecule has 1 aromatic rings. The topological polar surface area (TPSA) is 117 Å². The summed E-state index contributed by atoms with van der Waals surface area (Å²) in [5, 5.41) is 0. The van der Waals surface area contributed by atoms with E-state index in [0.717, 1.165) is 13.7 Å². The van der Waals surface area contributed by atoms with E-state index in [1.807, 2.05) is 0 Å². The lowest BCUT2D eigenvalue weighted by Crippen LogP contribution is -2.55. The van der Waals surface area contributed by atoms with Gasteiger partial charge in [-0.3, -0.25) is 0 Å². The van der Waals surface area contributed by atoms with Gasteiger partial charge in [0.05, 0.1) is 45.1 Å². The lowest BCUT2D eigenvalue weighted by Gasteiger charge is -2.13. The van der Waals surface area contributed by atoms with Gasteiger partial charge < -0.3 is 14.2 Å². The van der Waals surface area contributed by atoms with Gasteiger partial charge in [0.25, 0.3) is 0 Å². The van der Waals surface area contributed by atoms with Crippen LogP contribution in [0.25, 0.3) is 0 Å². The summed E-state index contributed by atoms with van der Waals surface area (Å²) in [7, 11) is 0. The Balaban J connectivity index is 1.90. The van der Waals surface area contributed by atoms with Gasteiger partial charge in [-0.15, -0.1) is 0 Å². The predicted molar refractivity (Wildman–Crippen MR) is 84.5 cm³/mol. The Morgan fingerprint density at radius 1 is 1.04 bits per heavy atom. The normalized spacial score (nSPS) is 21.0. The molecular formula is C15H19N3O7. The van der Waals surface area contributed by atoms with Crippen LogP contribution in [-0.2, 0) is 38.6 Å². The van der Waals surface area contributed by atoms with E-state index < -0.39 is 23.0 Å². The molecule has 0 aromatic carbocycles. The van der Waals surface area contributed by atoms with Crippen molar-refractivity contribution in [1.82, 2.24) is 13.7 Å². The van der Waals surface area contributed by atoms with Gasteiger partial charge in [0.2, 0.25) is 0 Å². The number of epoxide rings is 2. The van der Waals surface area contributed by atoms with Crippen LogP contribution in [0.15, 0.2) is 26.5 Å². The molecule has 2 saturated heterocycles. The van der Waals surface area contributed by atoms with E-state index in [4.69, 9.17) is 14.2 Å². The van der Waals surface area contributed by atoms with Crippen LogP contribution < -0.4 is 17.1 Å². The molecule has 2 aliphatic heterocycles. The van der Waals surface area contributed by atoms with Crippen LogP contribution in [0.4, 0.5) is 0 Å². The molecule has 25 heavy (non-hydrogen) atoms. The third-order valence-electron chi connectivity index (χ3n) is 3.86. The van der Waals surface area contributed by atoms with Gasteiger partial charge in [-0.2, -0.15) is 0 Å². The quantitative estimate of drug-likeness (QED) is 0.304. The maximum atomic E-state index is 12.5. The van der Waals surface area contributed by atoms with Gasteiger partial charge in [-0.1, -0.05) is 6.58 Å². The minimum Gasteiger partial charge on any atom is -0.460 e. The van der Waals surface area contributed by atoms with E-state index in [1.54, 1.807) is 0 Å². The van der Waals surface area contributed by atoms with Crippen LogP contribution in [0.5, 0.6) is 0 Å². The highest BCUT2D eigenvalue weighted by Gasteiger charge is 2.29. The van der Waals surface area contributed by atoms with Gasteiger partial charge in [-0.05, 0) is 6.92 Å². The molecule has 10 heteroatoms. The van der Waals surface area contributed by atoms with Crippen LogP contribution in [0.2, 0.25) is 0 Å². The number of ether oxygens (including phenoxy) is 3. The minimum atomic E-state index is -0.746. The van der Waals surface area contributed by atoms with Crippen molar-refractivity contribution >= 4 is 5.97 Å². The zero-order chi connectivity index (χ0) is 18.1. The molecule has 0 radical (unpaired) electrons. The third kappa shape index (κ3) is 3.97. The Morgan fingerprint density at radius 3 is 1.88 bits per heavy atom. The van der Waals surface area contributed by atoms with Crippen LogP contribution in [0, 0.1) is 0 Å². The van der Waals surface area contributed by atoms with Crippen molar-refractivity contribution in [1.29, 1.82) is 0 Å². The second-order valence-corrected chi connectivity index (χ2v) is 6.05. The van der Waals surface area contributed by atoms with Crippen molar-refractivity contribution in [2.75, 3.05) is 19.8 Å². The molecule has 2 atom stereocenters. The van der Waals surface area contributed by atoms with Crippen LogP contribution >= 0.6 is 0 Å². The highest BCUT2D eigenvalue weighted by molar-refractivity contribution is 5.86. The minimum absolute atomic E-state index is 0.0784. The Bertz CT molecular complexity index is 818. The third-order valence-corrected chi connectivity index (χ3v) is 3.86. The van der Waals surface area contributed by atoms with Crippen molar-refractivity contribution in [2.45, 2.75) is 38.8 Å². The standard InChI is InChI=1S/C15H19N3O7/c1-9(2)12(19)23-4-3-16-13(20)17(5-10-7-24-10)15(22)18(14(16)21)6-11-8-25-11/h10-11H,1,3-8H2,2H3. The van der Waals surface area contributed by atoms with Gasteiger partial charge in [-0.25, -0.2) is 32.9 Å². The molecule has 3 rings (SSSR count). The lowest BCUT2D eigenvalue weighted by molar-refractivity contribution is -0.139. The van der Waals surface area contributed by atoms with E-state index in [-0.39, 0.29) is 44.0 Å². The Kier molecular flexibility index (Phi) is 4.73. The van der Waals surface area contributed by atoms with Crippen molar-refractivity contribution < 1.29 is 19.0 Å². The second-order valence-electron chi connectivity index (χ2n) is 6.05. The van der Waals surface area contributed by atoms with E-state index in [2.05, 4.69) is 6.58 Å². The number of hydrogen-bond donors (Lipinski definition) is 0. The molecule has 0 spiro atoms. The lowest BCUT2D eigenvalue weighted by atomic mass is 10.4. The molecule has 10 nitrogen and oxygen atoms in total. The van der Waals surface area contributed by atoms with E-state index >= 15 is 0 Å². The molecule has 3 heterocycles. The Morgan fingerprint density at radius 2 is 1.48 bits per heavy atom. The summed E-state index contributed by atoms with van der Waals surface area (Å²) in [6.07, 6.45) is -0.411. The first kappa shape index (κ1) is 17.4. The fourth-order valence-corrected chi connectivity index (χ4v) is 2.29. The fraction of sp³-hybridized carbons (Fsp3) is 0.600. The van der Waals surface area contributed by atoms with E-state index in [9.17, 15) is 19.2 Å². The maximum Gasteiger partial charge on any atom is 0.336 e. The summed E-state index contributed by atoms with van der Waals surface area (Å²) in [4.78, 5) is 48.9. The molecule has 2 unspecified atom stereocenters. The number of carbonyl (C=O) groups is 1. The molecule has 2 aliphatic rings. The molecule has 0 aliphatic carbocycles. The number of aromatic nitrogens is 3. The highest BCUT2D eigenvalue weighted by atomic mass is 16.6. The Labute approximate surface area is 141 Å². The van der Waals surface area contributed by atoms with Gasteiger partial charge in [0.1, 0.15) is 6.61 Å². The predicted octanol–water partition coefficient (Wildman–Crippen LogP) is -1.91. The molecule has 0 N–H and O–H groups in total. The molecule has 2 fully saturated rings. The Hall–Kier alpha value is -2.46. The second kappa shape index (κ2) is 6.81. The first-order valence-electron chi connectivity index (χ1n) is 7.88. The largest absolute Gasteiger partial charge is 0.460 e. The molecular weight excluding hydrogens is 334 g/mol. The summed E-state index contributed by atoms with van der Waals surface area (Å²) in [6, 6.07) is 0. The summed E-state index contributed by atoms with van der Waals surface area (Å²) >= 11 is 0. The van der Waals surface area contributed by atoms with E-state index in [0.29, 0.717) is 13.2 Å². The van der Waals surface area contributed by atoms with Crippen molar-refractivity contribution in [2.24, 2.45) is 0 Å². The SMILES string of the molecule is C=C(C)C(=O)OCCn1c(=O)n(CC2CO2)c(=O)n(CC2CO2)c1=O. The monoisotopic (exact) mass is 353 g/mol. The van der Waals surface area contributed by atoms with Crippen LogP contribution in [0.1, 0.15) is 6.92 Å². The van der Waals surface area contributed by atoms with Crippen molar-refractivity contribution in [3.05, 3.63) is 43.6 Å². The average molecular weight is 353 g/mol. The average Bonchev–Trinajstić information content (AvgIpc) is 3.46. The summed E-state index contributed by atoms with van der Waals surface area (Å²) in [6.45, 7) is 5.69. The van der Waals surface area contributed by atoms with Gasteiger partial charge >= 0.3 is 23.0 Å². The van der Waals surface area contributed by atoms with Gasteiger partial charge in [0, 0.05) is 5.57 Å².